The van der Waals surface area contributed by atoms with E-state index in [9.17, 15) is 19.1 Å². The number of nitrogens with one attached hydrogen (secondary N) is 1. The number of pyridine rings is 1. The van der Waals surface area contributed by atoms with Gasteiger partial charge >= 0.3 is 11.7 Å². The summed E-state index contributed by atoms with van der Waals surface area (Å²) in [7, 11) is 0. The van der Waals surface area contributed by atoms with Crippen LogP contribution >= 0.6 is 0 Å². The van der Waals surface area contributed by atoms with Gasteiger partial charge in [0.15, 0.2) is 0 Å². The maximum atomic E-state index is 14.7. The zero-order chi connectivity index (χ0) is 25.9. The van der Waals surface area contributed by atoms with Crippen molar-refractivity contribution in [2.75, 3.05) is 0 Å². The third kappa shape index (κ3) is 4.54. The van der Waals surface area contributed by atoms with Gasteiger partial charge in [-0.15, -0.1) is 10.2 Å². The first kappa shape index (κ1) is 23.8. The van der Waals surface area contributed by atoms with E-state index in [4.69, 9.17) is 0 Å². The van der Waals surface area contributed by atoms with Gasteiger partial charge in [0.1, 0.15) is 11.5 Å². The Morgan fingerprint density at radius 1 is 1.11 bits per heavy atom. The quantitative estimate of drug-likeness (QED) is 0.333. The summed E-state index contributed by atoms with van der Waals surface area (Å²) < 4.78 is 17.4. The van der Waals surface area contributed by atoms with Crippen LogP contribution in [0.25, 0.3) is 28.2 Å². The van der Waals surface area contributed by atoms with Crippen LogP contribution in [0.15, 0.2) is 71.9 Å². The number of nitrogens with zero attached hydrogens (tertiary/aromatic N) is 6. The molecule has 10 nitrogen and oxygen atoms in total. The van der Waals surface area contributed by atoms with Gasteiger partial charge in [-0.1, -0.05) is 43.7 Å². The van der Waals surface area contributed by atoms with E-state index < -0.39 is 17.5 Å². The van der Waals surface area contributed by atoms with Gasteiger partial charge in [0.25, 0.3) is 0 Å². The number of aryl methyl sites for hydroxylation is 1. The van der Waals surface area contributed by atoms with E-state index in [0.717, 1.165) is 39.3 Å². The summed E-state index contributed by atoms with van der Waals surface area (Å²) in [5.41, 5.74) is 2.99. The van der Waals surface area contributed by atoms with E-state index in [2.05, 4.69) is 25.6 Å². The number of aromatic nitrogens is 7. The molecule has 2 N–H and O–H groups in total. The number of para-hydroxylation sites is 1. The zero-order valence-corrected chi connectivity index (χ0v) is 19.8. The Labute approximate surface area is 210 Å². The third-order valence-electron chi connectivity index (χ3n) is 6.04. The number of carboxylic acids is 1. The third-order valence-corrected chi connectivity index (χ3v) is 6.04. The minimum absolute atomic E-state index is 0.242. The van der Waals surface area contributed by atoms with Crippen molar-refractivity contribution in [3.63, 3.8) is 0 Å². The van der Waals surface area contributed by atoms with Gasteiger partial charge in [0, 0.05) is 29.8 Å². The molecule has 0 spiro atoms. The van der Waals surface area contributed by atoms with Gasteiger partial charge in [-0.3, -0.25) is 14.1 Å². The Balaban J connectivity index is 1.51. The number of hydrogen-bond donors (Lipinski definition) is 2. The van der Waals surface area contributed by atoms with Crippen molar-refractivity contribution < 1.29 is 14.3 Å². The second-order valence-corrected chi connectivity index (χ2v) is 8.40. The fourth-order valence-corrected chi connectivity index (χ4v) is 4.32. The molecule has 0 saturated carbocycles. The maximum Gasteiger partial charge on any atom is 0.337 e. The van der Waals surface area contributed by atoms with Gasteiger partial charge in [-0.2, -0.15) is 5.21 Å². The predicted molar refractivity (Wildman–Crippen MR) is 133 cm³/mol. The largest absolute Gasteiger partial charge is 0.478 e. The Kier molecular flexibility index (Phi) is 6.42. The molecular weight excluding hydrogens is 477 g/mol. The van der Waals surface area contributed by atoms with Gasteiger partial charge in [-0.05, 0) is 46.5 Å². The van der Waals surface area contributed by atoms with Gasteiger partial charge in [0.2, 0.25) is 5.82 Å². The minimum Gasteiger partial charge on any atom is -0.478 e. The Bertz CT molecular complexity index is 1620. The van der Waals surface area contributed by atoms with Crippen molar-refractivity contribution in [3.8, 4) is 28.2 Å². The minimum atomic E-state index is -1.31. The molecule has 0 radical (unpaired) electrons. The topological polar surface area (TPSA) is 132 Å². The van der Waals surface area contributed by atoms with Crippen molar-refractivity contribution in [3.05, 3.63) is 100 Å². The number of halogens is 1. The molecule has 3 aromatic heterocycles. The maximum absolute atomic E-state index is 14.7. The molecule has 0 fully saturated rings. The summed E-state index contributed by atoms with van der Waals surface area (Å²) in [5, 5.41) is 23.7. The van der Waals surface area contributed by atoms with Crippen LogP contribution in [0.2, 0.25) is 0 Å². The smallest absolute Gasteiger partial charge is 0.337 e. The molecule has 37 heavy (non-hydrogen) atoms. The second kappa shape index (κ2) is 9.97. The molecule has 186 valence electrons. The van der Waals surface area contributed by atoms with E-state index in [1.807, 2.05) is 37.3 Å². The highest BCUT2D eigenvalue weighted by molar-refractivity contribution is 5.92. The van der Waals surface area contributed by atoms with E-state index in [1.165, 1.54) is 18.3 Å². The van der Waals surface area contributed by atoms with Crippen molar-refractivity contribution in [2.24, 2.45) is 0 Å². The highest BCUT2D eigenvalue weighted by Gasteiger charge is 2.21. The highest BCUT2D eigenvalue weighted by atomic mass is 19.1. The average Bonchev–Trinajstić information content (AvgIpc) is 3.54. The van der Waals surface area contributed by atoms with E-state index in [1.54, 1.807) is 17.0 Å². The predicted octanol–water partition coefficient (Wildman–Crippen LogP) is 3.72. The number of benzene rings is 2. The summed E-state index contributed by atoms with van der Waals surface area (Å²) >= 11 is 0. The summed E-state index contributed by atoms with van der Waals surface area (Å²) in [5.74, 6) is -1.66. The number of H-pyrrole nitrogens is 1. The first-order chi connectivity index (χ1) is 18.0. The summed E-state index contributed by atoms with van der Waals surface area (Å²) in [6.07, 6.45) is 6.20. The fourth-order valence-electron chi connectivity index (χ4n) is 4.32. The van der Waals surface area contributed by atoms with Crippen LogP contribution < -0.4 is 5.69 Å². The average molecular weight is 500 g/mol. The van der Waals surface area contributed by atoms with Gasteiger partial charge < -0.3 is 5.11 Å². The first-order valence-electron chi connectivity index (χ1n) is 11.6. The molecule has 0 amide bonds. The standard InChI is InChI=1S/C26H22FN7O3/c1-2-4-18-15-34(23-20(25(35)36)5-3-6-22(23)27)26(37)33(18)14-16-7-9-17(10-8-16)19-11-12-28-13-21(19)24-29-31-32-30-24/h3,5-13,15H,2,4,14H2,1H3,(H,35,36)(H,29,30,31,32). The van der Waals surface area contributed by atoms with Crippen molar-refractivity contribution >= 4 is 5.97 Å². The number of rotatable bonds is 8. The van der Waals surface area contributed by atoms with Crippen molar-refractivity contribution in [2.45, 2.75) is 26.3 Å². The number of hydrogen-bond acceptors (Lipinski definition) is 6. The Morgan fingerprint density at radius 2 is 1.92 bits per heavy atom. The lowest BCUT2D eigenvalue weighted by molar-refractivity contribution is 0.0696. The lowest BCUT2D eigenvalue weighted by Gasteiger charge is -2.10. The lowest BCUT2D eigenvalue weighted by Crippen LogP contribution is -2.26. The zero-order valence-electron chi connectivity index (χ0n) is 19.8. The number of carbonyl (C=O) groups is 1. The molecule has 0 aliphatic heterocycles. The van der Waals surface area contributed by atoms with Crippen LogP contribution in [-0.2, 0) is 13.0 Å². The molecule has 11 heteroatoms. The lowest BCUT2D eigenvalue weighted by atomic mass is 10.00. The van der Waals surface area contributed by atoms with Crippen molar-refractivity contribution in [1.29, 1.82) is 0 Å². The Hall–Kier alpha value is -4.93. The number of imidazole rings is 1. The number of carboxylic acid groups (broad SMARTS) is 1. The molecule has 0 aliphatic carbocycles. The summed E-state index contributed by atoms with van der Waals surface area (Å²) in [6, 6.07) is 13.3. The molecule has 0 unspecified atom stereocenters. The highest BCUT2D eigenvalue weighted by Crippen LogP contribution is 2.29. The molecular formula is C26H22FN7O3. The molecule has 3 heterocycles. The second-order valence-electron chi connectivity index (χ2n) is 8.40. The van der Waals surface area contributed by atoms with Crippen LogP contribution in [0.3, 0.4) is 0 Å². The molecule has 0 atom stereocenters. The summed E-state index contributed by atoms with van der Waals surface area (Å²) in [6.45, 7) is 2.22. The molecule has 2 aromatic carbocycles. The molecule has 0 bridgehead atoms. The van der Waals surface area contributed by atoms with Crippen LogP contribution in [0.4, 0.5) is 4.39 Å². The van der Waals surface area contributed by atoms with Gasteiger partial charge in [-0.25, -0.2) is 14.0 Å². The number of aromatic amines is 1. The normalized spacial score (nSPS) is 11.1. The Morgan fingerprint density at radius 3 is 2.62 bits per heavy atom. The van der Waals surface area contributed by atoms with Crippen molar-refractivity contribution in [1.82, 2.24) is 34.7 Å². The van der Waals surface area contributed by atoms with Crippen LogP contribution in [0.1, 0.15) is 35.0 Å². The molecule has 0 aliphatic rings. The summed E-state index contributed by atoms with van der Waals surface area (Å²) in [4.78, 5) is 29.3. The molecule has 5 rings (SSSR count). The van der Waals surface area contributed by atoms with E-state index >= 15 is 0 Å². The fraction of sp³-hybridized carbons (Fsp3) is 0.154. The first-order valence-corrected chi connectivity index (χ1v) is 11.6. The van der Waals surface area contributed by atoms with Crippen LogP contribution in [0, 0.1) is 5.82 Å². The van der Waals surface area contributed by atoms with Gasteiger partial charge in [0.05, 0.1) is 12.1 Å². The molecule has 5 aromatic rings. The SMILES string of the molecule is CCCc1cn(-c2c(F)cccc2C(=O)O)c(=O)n1Cc1ccc(-c2ccncc2-c2nn[nH]n2)cc1. The number of aromatic carboxylic acids is 1. The molecule has 0 saturated heterocycles. The number of tetrazole rings is 1. The van der Waals surface area contributed by atoms with E-state index in [0.29, 0.717) is 17.9 Å². The monoisotopic (exact) mass is 499 g/mol. The van der Waals surface area contributed by atoms with Crippen LogP contribution in [-0.4, -0.2) is 45.8 Å². The van der Waals surface area contributed by atoms with E-state index in [-0.39, 0.29) is 17.8 Å². The van der Waals surface area contributed by atoms with Crippen LogP contribution in [0.5, 0.6) is 0 Å².